The average molecular weight is 227 g/mol. The summed E-state index contributed by atoms with van der Waals surface area (Å²) < 4.78 is 0. The average Bonchev–Trinajstić information content (AvgIpc) is 2.20. The number of hydrogen-bond donors (Lipinski definition) is 0. The molecule has 0 aromatic carbocycles. The number of amides is 1. The van der Waals surface area contributed by atoms with Crippen molar-refractivity contribution in [2.75, 3.05) is 6.54 Å². The maximum Gasteiger partial charge on any atom is 0.245 e. The van der Waals surface area contributed by atoms with Crippen LogP contribution in [0.1, 0.15) is 48.0 Å². The Morgan fingerprint density at radius 1 is 1.31 bits per heavy atom. The van der Waals surface area contributed by atoms with E-state index >= 15 is 0 Å². The standard InChI is InChI=1S/C12H23N2O2/c1-7-12(6)10(15)13(9(2)3)8-11(4,5)14(12)16/h9H,7-8H2,1-6H3. The van der Waals surface area contributed by atoms with Crippen LogP contribution in [0.2, 0.25) is 0 Å². The van der Waals surface area contributed by atoms with Crippen molar-refractivity contribution < 1.29 is 10.0 Å². The first kappa shape index (κ1) is 13.5. The number of carbonyl (C=O) groups is 1. The predicted octanol–water partition coefficient (Wildman–Crippen LogP) is 1.83. The first-order valence-electron chi connectivity index (χ1n) is 5.95. The normalized spacial score (nSPS) is 31.2. The molecule has 4 heteroatoms. The van der Waals surface area contributed by atoms with Crippen LogP contribution in [-0.4, -0.2) is 39.5 Å². The van der Waals surface area contributed by atoms with Crippen LogP contribution in [0.4, 0.5) is 0 Å². The fraction of sp³-hybridized carbons (Fsp3) is 0.917. The van der Waals surface area contributed by atoms with Crippen LogP contribution in [0.15, 0.2) is 0 Å². The highest BCUT2D eigenvalue weighted by atomic mass is 16.5. The van der Waals surface area contributed by atoms with Crippen molar-refractivity contribution in [3.8, 4) is 0 Å². The van der Waals surface area contributed by atoms with E-state index in [9.17, 15) is 10.0 Å². The van der Waals surface area contributed by atoms with Gasteiger partial charge in [0.2, 0.25) is 5.91 Å². The van der Waals surface area contributed by atoms with E-state index < -0.39 is 11.1 Å². The maximum absolute atomic E-state index is 12.3. The van der Waals surface area contributed by atoms with Gasteiger partial charge in [0.05, 0.1) is 5.54 Å². The van der Waals surface area contributed by atoms with Crippen molar-refractivity contribution in [2.24, 2.45) is 0 Å². The van der Waals surface area contributed by atoms with Crippen molar-refractivity contribution in [1.29, 1.82) is 0 Å². The predicted molar refractivity (Wildman–Crippen MR) is 62.1 cm³/mol. The lowest BCUT2D eigenvalue weighted by Gasteiger charge is -2.52. The highest BCUT2D eigenvalue weighted by molar-refractivity contribution is 5.87. The Kier molecular flexibility index (Phi) is 3.37. The van der Waals surface area contributed by atoms with Gasteiger partial charge in [0, 0.05) is 12.6 Å². The quantitative estimate of drug-likeness (QED) is 0.722. The van der Waals surface area contributed by atoms with Crippen molar-refractivity contribution in [1.82, 2.24) is 9.96 Å². The second-order valence-electron chi connectivity index (χ2n) is 5.76. The summed E-state index contributed by atoms with van der Waals surface area (Å²) in [6, 6.07) is 0.145. The smallest absolute Gasteiger partial charge is 0.245 e. The molecule has 1 rings (SSSR count). The van der Waals surface area contributed by atoms with Gasteiger partial charge in [-0.1, -0.05) is 6.92 Å². The van der Waals surface area contributed by atoms with Crippen LogP contribution in [0.3, 0.4) is 0 Å². The Bertz CT molecular complexity index is 289. The van der Waals surface area contributed by atoms with Gasteiger partial charge in [-0.15, -0.1) is 10.3 Å². The topological polar surface area (TPSA) is 43.5 Å². The van der Waals surface area contributed by atoms with Gasteiger partial charge in [-0.25, -0.2) is 0 Å². The van der Waals surface area contributed by atoms with Gasteiger partial charge in [-0.2, -0.15) is 0 Å². The van der Waals surface area contributed by atoms with Crippen LogP contribution >= 0.6 is 0 Å². The Balaban J connectivity index is 3.14. The third-order valence-corrected chi connectivity index (χ3v) is 3.59. The Morgan fingerprint density at radius 2 is 1.81 bits per heavy atom. The van der Waals surface area contributed by atoms with Crippen molar-refractivity contribution in [2.45, 2.75) is 65.1 Å². The molecule has 0 saturated carbocycles. The molecule has 1 aliphatic rings. The number of piperazine rings is 1. The molecular formula is C12H23N2O2. The SMILES string of the molecule is CCC1(C)C(=O)N(C(C)C)CC(C)(C)N1[O]. The van der Waals surface area contributed by atoms with Crippen LogP contribution in [0.5, 0.6) is 0 Å². The summed E-state index contributed by atoms with van der Waals surface area (Å²) in [4.78, 5) is 14.1. The van der Waals surface area contributed by atoms with E-state index in [4.69, 9.17) is 0 Å². The lowest BCUT2D eigenvalue weighted by atomic mass is 9.85. The molecule has 1 saturated heterocycles. The molecule has 93 valence electrons. The molecule has 16 heavy (non-hydrogen) atoms. The lowest BCUT2D eigenvalue weighted by molar-refractivity contribution is -0.290. The van der Waals surface area contributed by atoms with E-state index in [0.717, 1.165) is 5.06 Å². The monoisotopic (exact) mass is 227 g/mol. The molecule has 1 aliphatic heterocycles. The van der Waals surface area contributed by atoms with Crippen molar-refractivity contribution in [3.05, 3.63) is 0 Å². The molecule has 0 bridgehead atoms. The minimum absolute atomic E-state index is 0.0423. The zero-order valence-electron chi connectivity index (χ0n) is 11.2. The highest BCUT2D eigenvalue weighted by Crippen LogP contribution is 2.34. The summed E-state index contributed by atoms with van der Waals surface area (Å²) in [5.41, 5.74) is -1.42. The summed E-state index contributed by atoms with van der Waals surface area (Å²) in [6.07, 6.45) is 0.544. The first-order chi connectivity index (χ1) is 7.16. The molecule has 1 radical (unpaired) electrons. The van der Waals surface area contributed by atoms with Gasteiger partial charge in [0.25, 0.3) is 0 Å². The Labute approximate surface area is 98.2 Å². The summed E-state index contributed by atoms with van der Waals surface area (Å²) in [6.45, 7) is 11.9. The molecule has 1 fully saturated rings. The third-order valence-electron chi connectivity index (χ3n) is 3.59. The van der Waals surface area contributed by atoms with Gasteiger partial charge in [0.1, 0.15) is 5.54 Å². The Morgan fingerprint density at radius 3 is 2.19 bits per heavy atom. The van der Waals surface area contributed by atoms with Gasteiger partial charge < -0.3 is 4.90 Å². The Hall–Kier alpha value is -0.610. The molecule has 0 aliphatic carbocycles. The second kappa shape index (κ2) is 4.00. The van der Waals surface area contributed by atoms with Crippen molar-refractivity contribution in [3.63, 3.8) is 0 Å². The molecule has 0 aromatic heterocycles. The number of rotatable bonds is 2. The largest absolute Gasteiger partial charge is 0.337 e. The van der Waals surface area contributed by atoms with Gasteiger partial charge in [-0.05, 0) is 41.0 Å². The summed E-state index contributed by atoms with van der Waals surface area (Å²) >= 11 is 0. The molecule has 1 amide bonds. The fourth-order valence-electron chi connectivity index (χ4n) is 2.33. The van der Waals surface area contributed by atoms with Gasteiger partial charge in [0.15, 0.2) is 0 Å². The number of carbonyl (C=O) groups excluding carboxylic acids is 1. The second-order valence-corrected chi connectivity index (χ2v) is 5.76. The van der Waals surface area contributed by atoms with E-state index in [1.165, 1.54) is 0 Å². The van der Waals surface area contributed by atoms with Gasteiger partial charge >= 0.3 is 0 Å². The first-order valence-corrected chi connectivity index (χ1v) is 5.95. The summed E-state index contributed by atoms with van der Waals surface area (Å²) in [5, 5.41) is 13.2. The van der Waals surface area contributed by atoms with Gasteiger partial charge in [-0.3, -0.25) is 4.79 Å². The maximum atomic E-state index is 12.3. The molecule has 0 aromatic rings. The minimum atomic E-state index is -0.911. The molecule has 0 spiro atoms. The lowest BCUT2D eigenvalue weighted by Crippen LogP contribution is -2.71. The molecule has 0 N–H and O–H groups in total. The molecular weight excluding hydrogens is 204 g/mol. The molecule has 4 nitrogen and oxygen atoms in total. The zero-order chi connectivity index (χ0) is 12.7. The zero-order valence-corrected chi connectivity index (χ0v) is 11.2. The molecule has 1 atom stereocenters. The van der Waals surface area contributed by atoms with E-state index in [-0.39, 0.29) is 11.9 Å². The highest BCUT2D eigenvalue weighted by Gasteiger charge is 2.53. The minimum Gasteiger partial charge on any atom is -0.337 e. The van der Waals surface area contributed by atoms with E-state index in [1.807, 2.05) is 39.5 Å². The number of hydrogen-bond acceptors (Lipinski definition) is 2. The number of nitrogens with zero attached hydrogens (tertiary/aromatic N) is 2. The third kappa shape index (κ3) is 1.84. The van der Waals surface area contributed by atoms with Crippen LogP contribution < -0.4 is 0 Å². The fourth-order valence-corrected chi connectivity index (χ4v) is 2.33. The summed E-state index contributed by atoms with van der Waals surface area (Å²) in [5.74, 6) is -0.0423. The van der Waals surface area contributed by atoms with Crippen LogP contribution in [-0.2, 0) is 10.0 Å². The molecule has 1 unspecified atom stereocenters. The summed E-state index contributed by atoms with van der Waals surface area (Å²) in [7, 11) is 0. The van der Waals surface area contributed by atoms with E-state index in [0.29, 0.717) is 13.0 Å². The van der Waals surface area contributed by atoms with Crippen molar-refractivity contribution >= 4 is 5.91 Å². The molecule has 1 heterocycles. The van der Waals surface area contributed by atoms with E-state index in [1.54, 1.807) is 6.92 Å². The van der Waals surface area contributed by atoms with Crippen LogP contribution in [0.25, 0.3) is 0 Å². The van der Waals surface area contributed by atoms with Crippen LogP contribution in [0, 0.1) is 0 Å². The number of hydroxylamine groups is 2. The van der Waals surface area contributed by atoms with E-state index in [2.05, 4.69) is 0 Å².